The molecule has 9 nitrogen and oxygen atoms in total. The highest BCUT2D eigenvalue weighted by Crippen LogP contribution is 2.33. The number of amides is 2. The van der Waals surface area contributed by atoms with Gasteiger partial charge in [-0.25, -0.2) is 12.8 Å². The van der Waals surface area contributed by atoms with E-state index in [0.717, 1.165) is 15.4 Å². The topological polar surface area (TPSA) is 105 Å². The zero-order chi connectivity index (χ0) is 31.0. The highest BCUT2D eigenvalue weighted by molar-refractivity contribution is 7.92. The van der Waals surface area contributed by atoms with E-state index in [9.17, 15) is 22.4 Å². The van der Waals surface area contributed by atoms with Crippen LogP contribution in [-0.4, -0.2) is 58.5 Å². The summed E-state index contributed by atoms with van der Waals surface area (Å²) in [5.74, 6) is -0.833. The maximum Gasteiger partial charge on any atom is 0.264 e. The summed E-state index contributed by atoms with van der Waals surface area (Å²) in [5, 5.41) is 2.76. The van der Waals surface area contributed by atoms with Crippen molar-refractivity contribution in [2.24, 2.45) is 0 Å². The summed E-state index contributed by atoms with van der Waals surface area (Å²) in [6.07, 6.45) is 0.282. The number of sulfonamides is 1. The van der Waals surface area contributed by atoms with E-state index >= 15 is 0 Å². The Morgan fingerprint density at radius 2 is 1.52 bits per heavy atom. The number of anilines is 1. The highest BCUT2D eigenvalue weighted by Gasteiger charge is 2.34. The van der Waals surface area contributed by atoms with Crippen LogP contribution in [0.5, 0.6) is 11.5 Å². The number of likely N-dealkylation sites (N-methyl/N-ethyl adjacent to an activating group) is 1. The number of ether oxygens (including phenoxy) is 2. The molecular weight excluding hydrogens is 561 g/mol. The summed E-state index contributed by atoms with van der Waals surface area (Å²) >= 11 is 0. The van der Waals surface area contributed by atoms with Crippen LogP contribution >= 0.6 is 0 Å². The fraction of sp³-hybridized carbons (Fsp3) is 0.355. The second-order valence-corrected chi connectivity index (χ2v) is 11.7. The van der Waals surface area contributed by atoms with Gasteiger partial charge in [-0.1, -0.05) is 25.1 Å². The Kier molecular flexibility index (Phi) is 10.9. The van der Waals surface area contributed by atoms with Gasteiger partial charge in [-0.05, 0) is 80.3 Å². The molecule has 1 N–H and O–H groups in total. The van der Waals surface area contributed by atoms with Crippen molar-refractivity contribution in [3.05, 3.63) is 83.2 Å². The fourth-order valence-corrected chi connectivity index (χ4v) is 6.14. The minimum atomic E-state index is -4.32. The number of aryl methyl sites for hydroxylation is 2. The monoisotopic (exact) mass is 599 g/mol. The first-order valence-corrected chi connectivity index (χ1v) is 15.0. The molecule has 0 fully saturated rings. The molecule has 0 aliphatic carbocycles. The van der Waals surface area contributed by atoms with Gasteiger partial charge in [-0.3, -0.25) is 13.9 Å². The molecule has 0 radical (unpaired) electrons. The molecule has 0 aliphatic heterocycles. The normalized spacial score (nSPS) is 11.9. The van der Waals surface area contributed by atoms with Crippen molar-refractivity contribution in [2.75, 3.05) is 31.6 Å². The Labute approximate surface area is 247 Å². The van der Waals surface area contributed by atoms with Crippen molar-refractivity contribution >= 4 is 27.5 Å². The van der Waals surface area contributed by atoms with Crippen molar-refractivity contribution in [3.8, 4) is 11.5 Å². The van der Waals surface area contributed by atoms with Crippen LogP contribution in [0.1, 0.15) is 37.0 Å². The van der Waals surface area contributed by atoms with E-state index in [1.54, 1.807) is 26.0 Å². The Hall–Kier alpha value is -4.12. The molecule has 0 spiro atoms. The molecule has 0 aromatic heterocycles. The lowest BCUT2D eigenvalue weighted by Crippen LogP contribution is -2.52. The summed E-state index contributed by atoms with van der Waals surface area (Å²) in [7, 11) is -1.47. The van der Waals surface area contributed by atoms with Crippen LogP contribution in [0.4, 0.5) is 10.1 Å². The number of halogens is 1. The van der Waals surface area contributed by atoms with Gasteiger partial charge >= 0.3 is 0 Å². The molecule has 42 heavy (non-hydrogen) atoms. The zero-order valence-electron chi connectivity index (χ0n) is 24.8. The Balaban J connectivity index is 2.13. The van der Waals surface area contributed by atoms with Crippen LogP contribution < -0.4 is 19.1 Å². The molecular formula is C31H38FN3O6S. The maximum absolute atomic E-state index is 14.2. The van der Waals surface area contributed by atoms with Crippen molar-refractivity contribution in [2.45, 2.75) is 51.6 Å². The summed E-state index contributed by atoms with van der Waals surface area (Å²) in [4.78, 5) is 28.4. The molecule has 226 valence electrons. The van der Waals surface area contributed by atoms with E-state index in [1.165, 1.54) is 61.6 Å². The molecule has 3 rings (SSSR count). The zero-order valence-corrected chi connectivity index (χ0v) is 25.6. The molecule has 0 unspecified atom stereocenters. The third-order valence-corrected chi connectivity index (χ3v) is 8.49. The Morgan fingerprint density at radius 3 is 2.07 bits per heavy atom. The van der Waals surface area contributed by atoms with E-state index in [2.05, 4.69) is 5.32 Å². The molecule has 2 amide bonds. The van der Waals surface area contributed by atoms with Crippen molar-refractivity contribution in [1.29, 1.82) is 0 Å². The molecule has 11 heteroatoms. The summed E-state index contributed by atoms with van der Waals surface area (Å²) in [5.41, 5.74) is 2.50. The third kappa shape index (κ3) is 7.58. The maximum atomic E-state index is 14.2. The summed E-state index contributed by atoms with van der Waals surface area (Å²) < 4.78 is 53.6. The highest BCUT2D eigenvalue weighted by atomic mass is 32.2. The number of benzene rings is 3. The molecule has 1 atom stereocenters. The first kappa shape index (κ1) is 32.4. The quantitative estimate of drug-likeness (QED) is 0.308. The largest absolute Gasteiger partial charge is 0.493 e. The molecule has 0 saturated carbocycles. The molecule has 0 heterocycles. The van der Waals surface area contributed by atoms with E-state index in [4.69, 9.17) is 9.47 Å². The minimum absolute atomic E-state index is 0.0220. The van der Waals surface area contributed by atoms with Gasteiger partial charge in [-0.2, -0.15) is 0 Å². The Morgan fingerprint density at radius 1 is 0.905 bits per heavy atom. The lowest BCUT2D eigenvalue weighted by Gasteiger charge is -2.33. The first-order chi connectivity index (χ1) is 19.9. The van der Waals surface area contributed by atoms with Gasteiger partial charge in [0, 0.05) is 19.2 Å². The van der Waals surface area contributed by atoms with Crippen LogP contribution in [0.25, 0.3) is 0 Å². The van der Waals surface area contributed by atoms with Crippen LogP contribution in [0, 0.1) is 19.7 Å². The average Bonchev–Trinajstić information content (AvgIpc) is 2.95. The smallest absolute Gasteiger partial charge is 0.264 e. The summed E-state index contributed by atoms with van der Waals surface area (Å²) in [6, 6.07) is 14.2. The first-order valence-electron chi connectivity index (χ1n) is 13.6. The number of hydrogen-bond acceptors (Lipinski definition) is 6. The van der Waals surface area contributed by atoms with Gasteiger partial charge in [0.15, 0.2) is 11.5 Å². The molecule has 0 bridgehead atoms. The number of rotatable bonds is 13. The van der Waals surface area contributed by atoms with Crippen molar-refractivity contribution < 1.29 is 31.9 Å². The number of nitrogens with one attached hydrogen (secondary N) is 1. The van der Waals surface area contributed by atoms with Gasteiger partial charge in [-0.15, -0.1) is 0 Å². The number of carbonyl (C=O) groups excluding carboxylic acids is 2. The number of nitrogens with zero attached hydrogens (tertiary/aromatic N) is 2. The number of hydrogen-bond donors (Lipinski definition) is 1. The van der Waals surface area contributed by atoms with Gasteiger partial charge in [0.1, 0.15) is 18.4 Å². The standard InChI is InChI=1S/C31H38FN3O6S/c1-7-27(31(37)33-8-2)34(19-23-9-11-24(32)12-10-23)30(36)20-35(25-16-21(3)15-22(4)17-25)42(38,39)26-13-14-28(40-5)29(18-26)41-6/h9-18,27H,7-8,19-20H2,1-6H3,(H,33,37)/t27-/m1/s1. The van der Waals surface area contributed by atoms with Gasteiger partial charge in [0.05, 0.1) is 24.8 Å². The van der Waals surface area contributed by atoms with E-state index in [1.807, 2.05) is 19.9 Å². The predicted molar refractivity (Wildman–Crippen MR) is 160 cm³/mol. The Bertz CT molecular complexity index is 1490. The molecule has 0 saturated heterocycles. The minimum Gasteiger partial charge on any atom is -0.493 e. The van der Waals surface area contributed by atoms with Crippen molar-refractivity contribution in [3.63, 3.8) is 0 Å². The second-order valence-electron chi connectivity index (χ2n) is 9.84. The van der Waals surface area contributed by atoms with E-state index in [-0.39, 0.29) is 29.5 Å². The molecule has 3 aromatic rings. The second kappa shape index (κ2) is 14.2. The number of methoxy groups -OCH3 is 2. The van der Waals surface area contributed by atoms with Crippen LogP contribution in [0.2, 0.25) is 0 Å². The van der Waals surface area contributed by atoms with E-state index < -0.39 is 34.3 Å². The molecule has 3 aromatic carbocycles. The molecule has 0 aliphatic rings. The van der Waals surface area contributed by atoms with Gasteiger partial charge in [0.2, 0.25) is 11.8 Å². The average molecular weight is 600 g/mol. The van der Waals surface area contributed by atoms with Gasteiger partial charge in [0.25, 0.3) is 10.0 Å². The van der Waals surface area contributed by atoms with Crippen LogP contribution in [0.3, 0.4) is 0 Å². The summed E-state index contributed by atoms with van der Waals surface area (Å²) in [6.45, 7) is 6.96. The predicted octanol–water partition coefficient (Wildman–Crippen LogP) is 4.60. The SMILES string of the molecule is CCNC(=O)[C@@H](CC)N(Cc1ccc(F)cc1)C(=O)CN(c1cc(C)cc(C)c1)S(=O)(=O)c1ccc(OC)c(OC)c1. The van der Waals surface area contributed by atoms with Gasteiger partial charge < -0.3 is 19.7 Å². The van der Waals surface area contributed by atoms with Crippen LogP contribution in [-0.2, 0) is 26.2 Å². The van der Waals surface area contributed by atoms with Crippen LogP contribution in [0.15, 0.2) is 65.6 Å². The van der Waals surface area contributed by atoms with Crippen molar-refractivity contribution in [1.82, 2.24) is 10.2 Å². The third-order valence-electron chi connectivity index (χ3n) is 6.72. The lowest BCUT2D eigenvalue weighted by atomic mass is 10.1. The fourth-order valence-electron chi connectivity index (χ4n) is 4.73. The van der Waals surface area contributed by atoms with E-state index in [0.29, 0.717) is 23.5 Å². The lowest BCUT2D eigenvalue weighted by molar-refractivity contribution is -0.140. The number of carbonyl (C=O) groups is 2.